The van der Waals surface area contributed by atoms with E-state index >= 15 is 0 Å². The molecule has 0 aliphatic rings. The summed E-state index contributed by atoms with van der Waals surface area (Å²) in [6.45, 7) is 0. The Morgan fingerprint density at radius 1 is 1.07 bits per heavy atom. The first-order chi connectivity index (χ1) is 13.2. The van der Waals surface area contributed by atoms with Crippen LogP contribution in [0.5, 0.6) is 5.75 Å². The smallest absolute Gasteiger partial charge is 0.283 e. The van der Waals surface area contributed by atoms with Crippen LogP contribution in [0.4, 0.5) is 0 Å². The second-order valence-corrected chi connectivity index (χ2v) is 7.04. The van der Waals surface area contributed by atoms with E-state index in [0.717, 1.165) is 27.1 Å². The van der Waals surface area contributed by atoms with Crippen LogP contribution in [0, 0.1) is 0 Å². The molecule has 5 aromatic rings. The molecule has 3 aromatic heterocycles. The number of aromatic nitrogens is 4. The van der Waals surface area contributed by atoms with Gasteiger partial charge in [-0.2, -0.15) is 4.68 Å². The minimum Gasteiger partial charge on any atom is -0.497 e. The van der Waals surface area contributed by atoms with Crippen LogP contribution in [0.25, 0.3) is 37.5 Å². The van der Waals surface area contributed by atoms with Gasteiger partial charge < -0.3 is 4.74 Å². The molecule has 132 valence electrons. The molecule has 5 rings (SSSR count). The second kappa shape index (κ2) is 6.07. The van der Waals surface area contributed by atoms with Gasteiger partial charge in [-0.25, -0.2) is 9.97 Å². The van der Waals surface area contributed by atoms with E-state index in [2.05, 4.69) is 15.1 Å². The number of ether oxygens (including phenoxy) is 1. The molecule has 0 fully saturated rings. The van der Waals surface area contributed by atoms with Gasteiger partial charge in [0.1, 0.15) is 5.75 Å². The van der Waals surface area contributed by atoms with E-state index in [4.69, 9.17) is 4.74 Å². The number of aromatic amines is 1. The fourth-order valence-electron chi connectivity index (χ4n) is 3.13. The van der Waals surface area contributed by atoms with Gasteiger partial charge in [-0.3, -0.25) is 9.89 Å². The molecule has 1 N–H and O–H groups in total. The Labute approximate surface area is 157 Å². The number of nitrogens with zero attached hydrogens (tertiary/aromatic N) is 3. The van der Waals surface area contributed by atoms with Gasteiger partial charge in [0.05, 0.1) is 22.7 Å². The molecule has 0 spiro atoms. The largest absolute Gasteiger partial charge is 0.497 e. The monoisotopic (exact) mass is 374 g/mol. The van der Waals surface area contributed by atoms with E-state index in [1.807, 2.05) is 54.6 Å². The summed E-state index contributed by atoms with van der Waals surface area (Å²) in [6.07, 6.45) is 1.69. The van der Waals surface area contributed by atoms with Crippen LogP contribution < -0.4 is 10.3 Å². The maximum absolute atomic E-state index is 13.2. The number of pyridine rings is 1. The predicted octanol–water partition coefficient (Wildman–Crippen LogP) is 4.00. The van der Waals surface area contributed by atoms with Gasteiger partial charge in [-0.1, -0.05) is 35.6 Å². The lowest BCUT2D eigenvalue weighted by Gasteiger charge is -2.04. The van der Waals surface area contributed by atoms with Crippen LogP contribution in [0.3, 0.4) is 0 Å². The molecule has 3 heterocycles. The predicted molar refractivity (Wildman–Crippen MR) is 107 cm³/mol. The summed E-state index contributed by atoms with van der Waals surface area (Å²) < 4.78 is 7.71. The normalized spacial score (nSPS) is 11.3. The number of fused-ring (bicyclic) bond motifs is 2. The highest BCUT2D eigenvalue weighted by molar-refractivity contribution is 7.20. The highest BCUT2D eigenvalue weighted by Crippen LogP contribution is 2.28. The highest BCUT2D eigenvalue weighted by atomic mass is 32.1. The van der Waals surface area contributed by atoms with E-state index in [-0.39, 0.29) is 5.56 Å². The van der Waals surface area contributed by atoms with Gasteiger partial charge in [0.25, 0.3) is 5.56 Å². The van der Waals surface area contributed by atoms with E-state index < -0.39 is 0 Å². The summed E-state index contributed by atoms with van der Waals surface area (Å²) in [4.78, 5) is 22.1. The van der Waals surface area contributed by atoms with Gasteiger partial charge in [-0.15, -0.1) is 0 Å². The molecular weight excluding hydrogens is 360 g/mol. The molecule has 0 bridgehead atoms. The molecule has 0 aliphatic carbocycles. The number of H-pyrrole nitrogens is 1. The van der Waals surface area contributed by atoms with Crippen LogP contribution in [0.1, 0.15) is 0 Å². The molecule has 2 aromatic carbocycles. The Morgan fingerprint density at radius 3 is 2.67 bits per heavy atom. The van der Waals surface area contributed by atoms with Crippen molar-refractivity contribution in [2.45, 2.75) is 0 Å². The SMILES string of the molecule is COc1ccc(-c2ccnc3[nH]n(-c4nc5ccccc5s4)c(=O)c23)cc1. The molecular formula is C20H14N4O2S. The minimum absolute atomic E-state index is 0.164. The van der Waals surface area contributed by atoms with Crippen molar-refractivity contribution in [2.24, 2.45) is 0 Å². The molecule has 27 heavy (non-hydrogen) atoms. The maximum Gasteiger partial charge on any atom is 0.283 e. The summed E-state index contributed by atoms with van der Waals surface area (Å²) >= 11 is 1.46. The first-order valence-electron chi connectivity index (χ1n) is 8.35. The van der Waals surface area contributed by atoms with Crippen molar-refractivity contribution in [1.82, 2.24) is 19.7 Å². The number of hydrogen-bond acceptors (Lipinski definition) is 5. The number of nitrogens with one attached hydrogen (secondary N) is 1. The van der Waals surface area contributed by atoms with Gasteiger partial charge in [0.15, 0.2) is 5.65 Å². The number of thiazole rings is 1. The molecule has 0 aliphatic heterocycles. The third kappa shape index (κ3) is 2.51. The number of hydrogen-bond donors (Lipinski definition) is 1. The van der Waals surface area contributed by atoms with Gasteiger partial charge in [-0.05, 0) is 41.5 Å². The fourth-order valence-corrected chi connectivity index (χ4v) is 4.06. The Balaban J connectivity index is 1.72. The van der Waals surface area contributed by atoms with Crippen molar-refractivity contribution in [2.75, 3.05) is 7.11 Å². The lowest BCUT2D eigenvalue weighted by atomic mass is 10.0. The zero-order valence-electron chi connectivity index (χ0n) is 14.3. The second-order valence-electron chi connectivity index (χ2n) is 6.03. The third-order valence-corrected chi connectivity index (χ3v) is 5.48. The van der Waals surface area contributed by atoms with E-state index in [1.54, 1.807) is 13.3 Å². The van der Waals surface area contributed by atoms with Crippen molar-refractivity contribution < 1.29 is 4.74 Å². The van der Waals surface area contributed by atoms with Crippen LogP contribution in [0.15, 0.2) is 65.6 Å². The lowest BCUT2D eigenvalue weighted by molar-refractivity contribution is 0.415. The molecule has 0 atom stereocenters. The molecule has 7 heteroatoms. The van der Waals surface area contributed by atoms with Crippen molar-refractivity contribution in [3.05, 3.63) is 71.1 Å². The zero-order valence-corrected chi connectivity index (χ0v) is 15.2. The Kier molecular flexibility index (Phi) is 3.54. The minimum atomic E-state index is -0.164. The van der Waals surface area contributed by atoms with Gasteiger partial charge in [0.2, 0.25) is 5.13 Å². The van der Waals surface area contributed by atoms with E-state index in [1.165, 1.54) is 16.0 Å². The molecule has 0 amide bonds. The third-order valence-electron chi connectivity index (χ3n) is 4.46. The van der Waals surface area contributed by atoms with Gasteiger partial charge in [0, 0.05) is 6.20 Å². The standard InChI is InChI=1S/C20H14N4O2S/c1-26-13-8-6-12(7-9-13)14-10-11-21-18-17(14)19(25)24(23-18)20-22-15-4-2-3-5-16(15)27-20/h2-11H,1H3,(H,21,23). The topological polar surface area (TPSA) is 72.8 Å². The summed E-state index contributed by atoms with van der Waals surface area (Å²) in [5.41, 5.74) is 2.99. The summed E-state index contributed by atoms with van der Waals surface area (Å²) in [5, 5.41) is 4.23. The summed E-state index contributed by atoms with van der Waals surface area (Å²) in [7, 11) is 1.63. The van der Waals surface area contributed by atoms with Crippen molar-refractivity contribution in [3.63, 3.8) is 0 Å². The Bertz CT molecular complexity index is 1300. The molecule has 0 radical (unpaired) electrons. The summed E-state index contributed by atoms with van der Waals surface area (Å²) in [5.74, 6) is 0.769. The highest BCUT2D eigenvalue weighted by Gasteiger charge is 2.16. The Hall–Kier alpha value is -3.45. The summed E-state index contributed by atoms with van der Waals surface area (Å²) in [6, 6.07) is 17.3. The molecule has 6 nitrogen and oxygen atoms in total. The van der Waals surface area contributed by atoms with Crippen LogP contribution >= 0.6 is 11.3 Å². The number of methoxy groups -OCH3 is 1. The first-order valence-corrected chi connectivity index (χ1v) is 9.16. The first kappa shape index (κ1) is 15.8. The molecule has 0 saturated carbocycles. The molecule has 0 unspecified atom stereocenters. The van der Waals surface area contributed by atoms with Gasteiger partial charge >= 0.3 is 0 Å². The fraction of sp³-hybridized carbons (Fsp3) is 0.0500. The van der Waals surface area contributed by atoms with Crippen molar-refractivity contribution >= 4 is 32.6 Å². The van der Waals surface area contributed by atoms with Crippen LogP contribution in [0.2, 0.25) is 0 Å². The molecule has 0 saturated heterocycles. The van der Waals surface area contributed by atoms with Crippen molar-refractivity contribution in [1.29, 1.82) is 0 Å². The average molecular weight is 374 g/mol. The number of para-hydroxylation sites is 1. The zero-order chi connectivity index (χ0) is 18.4. The number of benzene rings is 2. The number of rotatable bonds is 3. The maximum atomic E-state index is 13.2. The van der Waals surface area contributed by atoms with E-state index in [9.17, 15) is 4.79 Å². The average Bonchev–Trinajstić information content (AvgIpc) is 3.29. The van der Waals surface area contributed by atoms with Crippen LogP contribution in [-0.2, 0) is 0 Å². The van der Waals surface area contributed by atoms with Crippen molar-refractivity contribution in [3.8, 4) is 22.0 Å². The lowest BCUT2D eigenvalue weighted by Crippen LogP contribution is -2.14. The van der Waals surface area contributed by atoms with E-state index in [0.29, 0.717) is 16.2 Å². The Morgan fingerprint density at radius 2 is 1.89 bits per heavy atom. The quantitative estimate of drug-likeness (QED) is 0.518. The van der Waals surface area contributed by atoms with Crippen LogP contribution in [-0.4, -0.2) is 26.9 Å².